The molecule has 0 unspecified atom stereocenters. The van der Waals surface area contributed by atoms with Gasteiger partial charge in [-0.15, -0.1) is 11.8 Å². The topological polar surface area (TPSA) is 12.0 Å². The van der Waals surface area contributed by atoms with Crippen LogP contribution in [0.15, 0.2) is 29.2 Å². The van der Waals surface area contributed by atoms with Crippen LogP contribution in [0.3, 0.4) is 0 Å². The standard InChI is InChI=1S/C10H11F4NS/c11-8-3-1-2-4-9(8)16-6-5-15-7-10(12,13)14/h1-4,15H,5-7H2. The smallest absolute Gasteiger partial charge is 0.308 e. The Kier molecular flexibility index (Phi) is 5.08. The lowest BCUT2D eigenvalue weighted by Crippen LogP contribution is -2.30. The monoisotopic (exact) mass is 253 g/mol. The maximum absolute atomic E-state index is 13.1. The summed E-state index contributed by atoms with van der Waals surface area (Å²) in [5, 5.41) is 2.25. The summed E-state index contributed by atoms with van der Waals surface area (Å²) in [7, 11) is 0. The van der Waals surface area contributed by atoms with Crippen LogP contribution in [-0.2, 0) is 0 Å². The number of thioether (sulfide) groups is 1. The first kappa shape index (κ1) is 13.3. The summed E-state index contributed by atoms with van der Waals surface area (Å²) in [6, 6.07) is 6.19. The zero-order chi connectivity index (χ0) is 12.0. The van der Waals surface area contributed by atoms with Gasteiger partial charge in [0, 0.05) is 17.2 Å². The molecule has 0 bridgehead atoms. The number of nitrogens with one attached hydrogen (secondary N) is 1. The first-order valence-corrected chi connectivity index (χ1v) is 5.62. The van der Waals surface area contributed by atoms with Gasteiger partial charge in [-0.3, -0.25) is 0 Å². The van der Waals surface area contributed by atoms with E-state index in [1.807, 2.05) is 0 Å². The van der Waals surface area contributed by atoms with Gasteiger partial charge in [0.2, 0.25) is 0 Å². The average Bonchev–Trinajstić information content (AvgIpc) is 2.18. The van der Waals surface area contributed by atoms with Crippen LogP contribution in [0, 0.1) is 5.82 Å². The van der Waals surface area contributed by atoms with E-state index in [4.69, 9.17) is 0 Å². The van der Waals surface area contributed by atoms with E-state index in [0.29, 0.717) is 10.6 Å². The van der Waals surface area contributed by atoms with Gasteiger partial charge in [-0.2, -0.15) is 13.2 Å². The van der Waals surface area contributed by atoms with Gasteiger partial charge in [-0.25, -0.2) is 4.39 Å². The third-order valence-corrected chi connectivity index (χ3v) is 2.75. The molecule has 1 nitrogen and oxygen atoms in total. The summed E-state index contributed by atoms with van der Waals surface area (Å²) >= 11 is 1.19. The van der Waals surface area contributed by atoms with E-state index in [9.17, 15) is 17.6 Å². The van der Waals surface area contributed by atoms with E-state index >= 15 is 0 Å². The van der Waals surface area contributed by atoms with Crippen LogP contribution in [-0.4, -0.2) is 25.0 Å². The summed E-state index contributed by atoms with van der Waals surface area (Å²) in [5.41, 5.74) is 0. The van der Waals surface area contributed by atoms with Gasteiger partial charge in [0.1, 0.15) is 5.82 Å². The molecular weight excluding hydrogens is 242 g/mol. The molecule has 1 aromatic carbocycles. The zero-order valence-electron chi connectivity index (χ0n) is 8.35. The van der Waals surface area contributed by atoms with Crippen LogP contribution in [0.4, 0.5) is 17.6 Å². The summed E-state index contributed by atoms with van der Waals surface area (Å²) in [4.78, 5) is 0.455. The Morgan fingerprint density at radius 2 is 1.88 bits per heavy atom. The molecule has 0 aliphatic rings. The Morgan fingerprint density at radius 1 is 1.19 bits per heavy atom. The highest BCUT2D eigenvalue weighted by Crippen LogP contribution is 2.20. The average molecular weight is 253 g/mol. The maximum Gasteiger partial charge on any atom is 0.401 e. The largest absolute Gasteiger partial charge is 0.401 e. The van der Waals surface area contributed by atoms with E-state index in [2.05, 4.69) is 5.32 Å². The Bertz CT molecular complexity index is 327. The van der Waals surface area contributed by atoms with Crippen molar-refractivity contribution in [1.29, 1.82) is 0 Å². The van der Waals surface area contributed by atoms with Gasteiger partial charge in [0.15, 0.2) is 0 Å². The van der Waals surface area contributed by atoms with Crippen LogP contribution < -0.4 is 5.32 Å². The second-order valence-electron chi connectivity index (χ2n) is 3.07. The molecule has 1 rings (SSSR count). The lowest BCUT2D eigenvalue weighted by atomic mass is 10.3. The van der Waals surface area contributed by atoms with Crippen LogP contribution >= 0.6 is 11.8 Å². The molecule has 16 heavy (non-hydrogen) atoms. The van der Waals surface area contributed by atoms with Crippen molar-refractivity contribution in [2.24, 2.45) is 0 Å². The second kappa shape index (κ2) is 6.10. The molecule has 90 valence electrons. The molecule has 0 atom stereocenters. The van der Waals surface area contributed by atoms with Gasteiger partial charge < -0.3 is 5.32 Å². The SMILES string of the molecule is Fc1ccccc1SCCNCC(F)(F)F. The van der Waals surface area contributed by atoms with Crippen molar-refractivity contribution in [1.82, 2.24) is 5.32 Å². The van der Waals surface area contributed by atoms with Gasteiger partial charge in [-0.05, 0) is 12.1 Å². The van der Waals surface area contributed by atoms with Gasteiger partial charge in [-0.1, -0.05) is 12.1 Å². The first-order valence-electron chi connectivity index (χ1n) is 4.64. The van der Waals surface area contributed by atoms with Crippen molar-refractivity contribution in [2.45, 2.75) is 11.1 Å². The summed E-state index contributed by atoms with van der Waals surface area (Å²) in [6.45, 7) is -0.816. The van der Waals surface area contributed by atoms with E-state index in [-0.39, 0.29) is 12.4 Å². The van der Waals surface area contributed by atoms with Crippen LogP contribution in [0.25, 0.3) is 0 Å². The van der Waals surface area contributed by atoms with Crippen LogP contribution in [0.2, 0.25) is 0 Å². The molecule has 1 aromatic rings. The summed E-state index contributed by atoms with van der Waals surface area (Å²) in [5.74, 6) is 0.0557. The van der Waals surface area contributed by atoms with Crippen molar-refractivity contribution in [3.63, 3.8) is 0 Å². The Labute approximate surface area is 95.2 Å². The predicted octanol–water partition coefficient (Wildman–Crippen LogP) is 3.07. The molecule has 0 aliphatic carbocycles. The van der Waals surface area contributed by atoms with Crippen LogP contribution in [0.1, 0.15) is 0 Å². The molecule has 1 N–H and O–H groups in total. The lowest BCUT2D eigenvalue weighted by Gasteiger charge is -2.07. The zero-order valence-corrected chi connectivity index (χ0v) is 9.17. The van der Waals surface area contributed by atoms with Gasteiger partial charge in [0.05, 0.1) is 6.54 Å². The molecule has 0 fully saturated rings. The minimum Gasteiger partial charge on any atom is -0.308 e. The second-order valence-corrected chi connectivity index (χ2v) is 4.21. The fourth-order valence-corrected chi connectivity index (χ4v) is 1.87. The van der Waals surface area contributed by atoms with Crippen molar-refractivity contribution in [3.05, 3.63) is 30.1 Å². The van der Waals surface area contributed by atoms with E-state index in [1.165, 1.54) is 17.8 Å². The van der Waals surface area contributed by atoms with Crippen LogP contribution in [0.5, 0.6) is 0 Å². The quantitative estimate of drug-likeness (QED) is 0.491. The molecule has 6 heteroatoms. The number of halogens is 4. The predicted molar refractivity (Wildman–Crippen MR) is 56.0 cm³/mol. The fourth-order valence-electron chi connectivity index (χ4n) is 1.03. The Hall–Kier alpha value is -0.750. The van der Waals surface area contributed by atoms with Crippen molar-refractivity contribution >= 4 is 11.8 Å². The fraction of sp³-hybridized carbons (Fsp3) is 0.400. The molecule has 0 radical (unpaired) electrons. The highest BCUT2D eigenvalue weighted by molar-refractivity contribution is 7.99. The third kappa shape index (κ3) is 5.37. The van der Waals surface area contributed by atoms with E-state index in [1.54, 1.807) is 18.2 Å². The molecule has 0 aliphatic heterocycles. The highest BCUT2D eigenvalue weighted by atomic mass is 32.2. The Morgan fingerprint density at radius 3 is 2.50 bits per heavy atom. The molecule has 0 amide bonds. The molecule has 0 saturated heterocycles. The minimum absolute atomic E-state index is 0.193. The van der Waals surface area contributed by atoms with Crippen molar-refractivity contribution in [2.75, 3.05) is 18.8 Å². The summed E-state index contributed by atoms with van der Waals surface area (Å²) < 4.78 is 48.3. The molecule has 0 heterocycles. The van der Waals surface area contributed by atoms with Gasteiger partial charge >= 0.3 is 6.18 Å². The highest BCUT2D eigenvalue weighted by Gasteiger charge is 2.25. The Balaban J connectivity index is 2.19. The van der Waals surface area contributed by atoms with Crippen molar-refractivity contribution < 1.29 is 17.6 Å². The normalized spacial score (nSPS) is 11.8. The lowest BCUT2D eigenvalue weighted by molar-refractivity contribution is -0.124. The minimum atomic E-state index is -4.19. The molecular formula is C10H11F4NS. The number of benzene rings is 1. The van der Waals surface area contributed by atoms with Crippen molar-refractivity contribution in [3.8, 4) is 0 Å². The summed E-state index contributed by atoms with van der Waals surface area (Å²) in [6.07, 6.45) is -4.19. The first-order chi connectivity index (χ1) is 7.49. The number of rotatable bonds is 5. The molecule has 0 aromatic heterocycles. The number of hydrogen-bond donors (Lipinski definition) is 1. The van der Waals surface area contributed by atoms with E-state index < -0.39 is 12.7 Å². The maximum atomic E-state index is 13.1. The number of alkyl halides is 3. The number of hydrogen-bond acceptors (Lipinski definition) is 2. The van der Waals surface area contributed by atoms with Gasteiger partial charge in [0.25, 0.3) is 0 Å². The molecule has 0 spiro atoms. The van der Waals surface area contributed by atoms with E-state index in [0.717, 1.165) is 0 Å². The molecule has 0 saturated carbocycles. The third-order valence-electron chi connectivity index (χ3n) is 1.70.